The first kappa shape index (κ1) is 15.6. The van der Waals surface area contributed by atoms with Crippen LogP contribution in [0.5, 0.6) is 0 Å². The molecule has 1 amide bonds. The number of amides is 1. The number of aliphatic hydroxyl groups excluding tert-OH is 1. The van der Waals surface area contributed by atoms with Gasteiger partial charge in [0.25, 0.3) is 5.91 Å². The largest absolute Gasteiger partial charge is 0.393 e. The molecule has 3 rings (SSSR count). The summed E-state index contributed by atoms with van der Waals surface area (Å²) in [6, 6.07) is 4.39. The zero-order valence-electron chi connectivity index (χ0n) is 13.7. The molecule has 1 aliphatic heterocycles. The molecular weight excluding hydrogens is 276 g/mol. The molecule has 0 unspecified atom stereocenters. The fourth-order valence-electron chi connectivity index (χ4n) is 4.25. The molecule has 1 N–H and O–H groups in total. The van der Waals surface area contributed by atoms with Crippen LogP contribution in [0.1, 0.15) is 68.9 Å². The number of hydrogen-bond acceptors (Lipinski definition) is 2. The van der Waals surface area contributed by atoms with Gasteiger partial charge >= 0.3 is 0 Å². The average Bonchev–Trinajstić information content (AvgIpc) is 3.16. The number of nitrogens with zero attached hydrogens (tertiary/aromatic N) is 2. The first-order chi connectivity index (χ1) is 10.6. The predicted molar refractivity (Wildman–Crippen MR) is 86.8 cm³/mol. The van der Waals surface area contributed by atoms with E-state index in [9.17, 15) is 9.90 Å². The van der Waals surface area contributed by atoms with Gasteiger partial charge in [-0.1, -0.05) is 12.8 Å². The minimum Gasteiger partial charge on any atom is -0.393 e. The van der Waals surface area contributed by atoms with Crippen LogP contribution in [0.15, 0.2) is 18.3 Å². The van der Waals surface area contributed by atoms with Crippen molar-refractivity contribution in [3.05, 3.63) is 24.0 Å². The Morgan fingerprint density at radius 3 is 2.73 bits per heavy atom. The highest BCUT2D eigenvalue weighted by Crippen LogP contribution is 2.35. The molecule has 4 nitrogen and oxygen atoms in total. The van der Waals surface area contributed by atoms with Gasteiger partial charge < -0.3 is 14.6 Å². The Morgan fingerprint density at radius 2 is 2.00 bits per heavy atom. The minimum absolute atomic E-state index is 0.138. The van der Waals surface area contributed by atoms with Crippen molar-refractivity contribution in [3.63, 3.8) is 0 Å². The lowest BCUT2D eigenvalue weighted by molar-refractivity contribution is 0.0207. The van der Waals surface area contributed by atoms with E-state index in [-0.39, 0.29) is 30.0 Å². The van der Waals surface area contributed by atoms with Crippen LogP contribution in [0, 0.1) is 5.92 Å². The van der Waals surface area contributed by atoms with Crippen LogP contribution < -0.4 is 0 Å². The number of rotatable bonds is 3. The van der Waals surface area contributed by atoms with E-state index < -0.39 is 0 Å². The van der Waals surface area contributed by atoms with Crippen molar-refractivity contribution in [2.24, 2.45) is 5.92 Å². The molecule has 1 aromatic rings. The van der Waals surface area contributed by atoms with Crippen LogP contribution in [0.2, 0.25) is 0 Å². The first-order valence-electron chi connectivity index (χ1n) is 8.75. The molecular formula is C18H28N2O2. The molecule has 0 aromatic carbocycles. The van der Waals surface area contributed by atoms with Gasteiger partial charge in [-0.05, 0) is 51.7 Å². The van der Waals surface area contributed by atoms with E-state index >= 15 is 0 Å². The maximum atomic E-state index is 13.0. The van der Waals surface area contributed by atoms with Crippen molar-refractivity contribution in [2.45, 2.75) is 70.6 Å². The molecule has 2 fully saturated rings. The lowest BCUT2D eigenvalue weighted by atomic mass is 9.80. The van der Waals surface area contributed by atoms with E-state index in [0.29, 0.717) is 0 Å². The Labute approximate surface area is 133 Å². The normalized spacial score (nSPS) is 29.3. The molecule has 0 bridgehead atoms. The van der Waals surface area contributed by atoms with E-state index in [4.69, 9.17) is 0 Å². The van der Waals surface area contributed by atoms with Crippen molar-refractivity contribution >= 4 is 5.91 Å². The quantitative estimate of drug-likeness (QED) is 0.932. The summed E-state index contributed by atoms with van der Waals surface area (Å²) in [5.74, 6) is 0.404. The predicted octanol–water partition coefficient (Wildman–Crippen LogP) is 3.22. The Balaban J connectivity index is 1.80. The van der Waals surface area contributed by atoms with Crippen LogP contribution >= 0.6 is 0 Å². The van der Waals surface area contributed by atoms with E-state index in [1.165, 1.54) is 6.42 Å². The molecule has 4 heteroatoms. The highest BCUT2D eigenvalue weighted by molar-refractivity contribution is 5.93. The van der Waals surface area contributed by atoms with Crippen LogP contribution in [0.25, 0.3) is 0 Å². The molecule has 2 aliphatic rings. The second-order valence-corrected chi connectivity index (χ2v) is 7.12. The van der Waals surface area contributed by atoms with E-state index in [2.05, 4.69) is 18.4 Å². The summed E-state index contributed by atoms with van der Waals surface area (Å²) in [5.41, 5.74) is 0.784. The van der Waals surface area contributed by atoms with Crippen molar-refractivity contribution < 1.29 is 9.90 Å². The minimum atomic E-state index is -0.232. The maximum absolute atomic E-state index is 13.0. The molecule has 1 aliphatic carbocycles. The van der Waals surface area contributed by atoms with Crippen LogP contribution in [0.3, 0.4) is 0 Å². The molecule has 0 spiro atoms. The van der Waals surface area contributed by atoms with Crippen molar-refractivity contribution in [3.8, 4) is 0 Å². The molecule has 1 saturated heterocycles. The topological polar surface area (TPSA) is 45.5 Å². The summed E-state index contributed by atoms with van der Waals surface area (Å²) in [6.45, 7) is 5.03. The average molecular weight is 304 g/mol. The molecule has 0 radical (unpaired) electrons. The van der Waals surface area contributed by atoms with Gasteiger partial charge in [0.2, 0.25) is 0 Å². The van der Waals surface area contributed by atoms with E-state index in [0.717, 1.165) is 44.3 Å². The Morgan fingerprint density at radius 1 is 1.23 bits per heavy atom. The second-order valence-electron chi connectivity index (χ2n) is 7.12. The zero-order valence-corrected chi connectivity index (χ0v) is 13.7. The fourth-order valence-corrected chi connectivity index (χ4v) is 4.25. The molecule has 122 valence electrons. The standard InChI is InChI=1S/C18H28N2O2/c1-13(2)19-11-6-9-16(19)18(22)20-12-5-8-15(20)14-7-3-4-10-17(14)21/h6,9,11,13-15,17,21H,3-5,7-8,10,12H2,1-2H3/t14-,15-,17+/m1/s1. The first-order valence-corrected chi connectivity index (χ1v) is 8.75. The van der Waals surface area contributed by atoms with Crippen LogP contribution in [-0.2, 0) is 0 Å². The number of aromatic nitrogens is 1. The lowest BCUT2D eigenvalue weighted by Gasteiger charge is -2.37. The summed E-state index contributed by atoms with van der Waals surface area (Å²) >= 11 is 0. The summed E-state index contributed by atoms with van der Waals surface area (Å²) in [7, 11) is 0. The maximum Gasteiger partial charge on any atom is 0.270 e. The fraction of sp³-hybridized carbons (Fsp3) is 0.722. The highest BCUT2D eigenvalue weighted by Gasteiger charge is 2.39. The number of likely N-dealkylation sites (tertiary alicyclic amines) is 1. The highest BCUT2D eigenvalue weighted by atomic mass is 16.3. The third-order valence-corrected chi connectivity index (χ3v) is 5.39. The zero-order chi connectivity index (χ0) is 15.7. The van der Waals surface area contributed by atoms with Crippen molar-refractivity contribution in [1.29, 1.82) is 0 Å². The number of carbonyl (C=O) groups excluding carboxylic acids is 1. The van der Waals surface area contributed by atoms with Crippen molar-refractivity contribution in [2.75, 3.05) is 6.54 Å². The number of carbonyl (C=O) groups is 1. The summed E-state index contributed by atoms with van der Waals surface area (Å²) in [5, 5.41) is 10.4. The monoisotopic (exact) mass is 304 g/mol. The summed E-state index contributed by atoms with van der Waals surface area (Å²) in [6.07, 6.45) is 8.10. The summed E-state index contributed by atoms with van der Waals surface area (Å²) < 4.78 is 2.05. The number of hydrogen-bond donors (Lipinski definition) is 1. The molecule has 1 saturated carbocycles. The smallest absolute Gasteiger partial charge is 0.270 e. The summed E-state index contributed by atoms with van der Waals surface area (Å²) in [4.78, 5) is 15.1. The Kier molecular flexibility index (Phi) is 4.57. The van der Waals surface area contributed by atoms with E-state index in [1.807, 2.05) is 23.2 Å². The van der Waals surface area contributed by atoms with Crippen LogP contribution in [0.4, 0.5) is 0 Å². The molecule has 3 atom stereocenters. The Hall–Kier alpha value is -1.29. The van der Waals surface area contributed by atoms with Gasteiger partial charge in [-0.15, -0.1) is 0 Å². The Bertz CT molecular complexity index is 523. The van der Waals surface area contributed by atoms with Gasteiger partial charge in [0.15, 0.2) is 0 Å². The van der Waals surface area contributed by atoms with Gasteiger partial charge in [0.1, 0.15) is 5.69 Å². The second kappa shape index (κ2) is 6.45. The lowest BCUT2D eigenvalue weighted by Crippen LogP contribution is -2.45. The van der Waals surface area contributed by atoms with Gasteiger partial charge in [-0.2, -0.15) is 0 Å². The van der Waals surface area contributed by atoms with Crippen molar-refractivity contribution in [1.82, 2.24) is 9.47 Å². The van der Waals surface area contributed by atoms with E-state index in [1.54, 1.807) is 0 Å². The third kappa shape index (κ3) is 2.81. The molecule has 22 heavy (non-hydrogen) atoms. The van der Waals surface area contributed by atoms with Crippen LogP contribution in [-0.4, -0.2) is 39.2 Å². The van der Waals surface area contributed by atoms with Gasteiger partial charge in [-0.25, -0.2) is 0 Å². The van der Waals surface area contributed by atoms with Gasteiger partial charge in [0.05, 0.1) is 6.10 Å². The number of aliphatic hydroxyl groups is 1. The SMILES string of the molecule is CC(C)n1cccc1C(=O)N1CCC[C@@H]1[C@H]1CCCC[C@@H]1O. The van der Waals surface area contributed by atoms with Gasteiger partial charge in [-0.3, -0.25) is 4.79 Å². The van der Waals surface area contributed by atoms with Gasteiger partial charge in [0, 0.05) is 30.7 Å². The molecule has 2 heterocycles. The third-order valence-electron chi connectivity index (χ3n) is 5.39. The molecule has 1 aromatic heterocycles.